The molecule has 0 radical (unpaired) electrons. The summed E-state index contributed by atoms with van der Waals surface area (Å²) in [5.41, 5.74) is 6.43. The summed E-state index contributed by atoms with van der Waals surface area (Å²) < 4.78 is 31.5. The second-order valence-electron chi connectivity index (χ2n) is 4.33. The predicted molar refractivity (Wildman–Crippen MR) is 74.8 cm³/mol. The van der Waals surface area contributed by atoms with Gasteiger partial charge in [0.1, 0.15) is 16.7 Å². The van der Waals surface area contributed by atoms with Crippen molar-refractivity contribution in [3.05, 3.63) is 36.4 Å². The Kier molecular flexibility index (Phi) is 2.81. The number of aromatic nitrogens is 3. The number of anilines is 1. The first-order valence-electron chi connectivity index (χ1n) is 5.79. The van der Waals surface area contributed by atoms with Crippen molar-refractivity contribution < 1.29 is 18.1 Å². The molecular formula is C12H10N4O4S. The topological polar surface area (TPSA) is 131 Å². The van der Waals surface area contributed by atoms with Gasteiger partial charge in [0, 0.05) is 0 Å². The predicted octanol–water partition coefficient (Wildman–Crippen LogP) is 0.955. The first-order chi connectivity index (χ1) is 9.86. The minimum absolute atomic E-state index is 0.0428. The summed E-state index contributed by atoms with van der Waals surface area (Å²) in [7, 11) is -4.46. The van der Waals surface area contributed by atoms with E-state index in [0.717, 1.165) is 16.9 Å². The van der Waals surface area contributed by atoms with Crippen LogP contribution in [0.4, 0.5) is 5.69 Å². The molecule has 0 saturated carbocycles. The zero-order valence-electron chi connectivity index (χ0n) is 10.5. The molecule has 4 N–H and O–H groups in total. The number of nitrogen functional groups attached to an aromatic ring is 1. The molecule has 8 nitrogen and oxygen atoms in total. The summed E-state index contributed by atoms with van der Waals surface area (Å²) in [6.07, 6.45) is 0. The lowest BCUT2D eigenvalue weighted by atomic mass is 10.2. The van der Waals surface area contributed by atoms with E-state index in [4.69, 9.17) is 10.3 Å². The average Bonchev–Trinajstić information content (AvgIpc) is 2.84. The van der Waals surface area contributed by atoms with Gasteiger partial charge in [0.05, 0.1) is 10.6 Å². The van der Waals surface area contributed by atoms with E-state index in [-0.39, 0.29) is 17.1 Å². The number of nitrogens with zero attached hydrogens (tertiary/aromatic N) is 3. The number of aromatic hydroxyl groups is 1. The highest BCUT2D eigenvalue weighted by Crippen LogP contribution is 2.31. The van der Waals surface area contributed by atoms with Crippen molar-refractivity contribution >= 4 is 26.8 Å². The summed E-state index contributed by atoms with van der Waals surface area (Å²) >= 11 is 0. The monoisotopic (exact) mass is 306 g/mol. The third-order valence-electron chi connectivity index (χ3n) is 2.89. The fourth-order valence-electron chi connectivity index (χ4n) is 1.88. The Hall–Kier alpha value is -2.65. The van der Waals surface area contributed by atoms with Gasteiger partial charge in [-0.2, -0.15) is 8.42 Å². The lowest BCUT2D eigenvalue weighted by Gasteiger charge is -2.08. The zero-order valence-corrected chi connectivity index (χ0v) is 11.3. The summed E-state index contributed by atoms with van der Waals surface area (Å²) in [4.78, 5) is 0.611. The molecule has 0 bridgehead atoms. The summed E-state index contributed by atoms with van der Waals surface area (Å²) in [5, 5.41) is 18.2. The highest BCUT2D eigenvalue weighted by atomic mass is 32.2. The Morgan fingerprint density at radius 1 is 1.10 bits per heavy atom. The van der Waals surface area contributed by atoms with Gasteiger partial charge in [-0.15, -0.1) is 15.0 Å². The molecule has 1 aromatic heterocycles. The van der Waals surface area contributed by atoms with Crippen LogP contribution >= 0.6 is 0 Å². The van der Waals surface area contributed by atoms with Crippen LogP contribution in [0.3, 0.4) is 0 Å². The first kappa shape index (κ1) is 13.3. The molecule has 2 aromatic carbocycles. The number of benzene rings is 2. The van der Waals surface area contributed by atoms with E-state index in [1.165, 1.54) is 0 Å². The van der Waals surface area contributed by atoms with Crippen LogP contribution < -0.4 is 5.73 Å². The van der Waals surface area contributed by atoms with Crippen LogP contribution in [0.1, 0.15) is 0 Å². The van der Waals surface area contributed by atoms with Crippen LogP contribution in [0.2, 0.25) is 0 Å². The number of rotatable bonds is 2. The van der Waals surface area contributed by atoms with Crippen LogP contribution in [0.5, 0.6) is 5.75 Å². The first-order valence-corrected chi connectivity index (χ1v) is 7.23. The molecule has 3 aromatic rings. The van der Waals surface area contributed by atoms with Crippen molar-refractivity contribution in [3.8, 4) is 11.4 Å². The van der Waals surface area contributed by atoms with Gasteiger partial charge >= 0.3 is 0 Å². The Morgan fingerprint density at radius 2 is 1.67 bits per heavy atom. The van der Waals surface area contributed by atoms with Crippen molar-refractivity contribution in [2.45, 2.75) is 4.90 Å². The van der Waals surface area contributed by atoms with Crippen LogP contribution in [0.15, 0.2) is 41.3 Å². The Labute approximate surface area is 119 Å². The van der Waals surface area contributed by atoms with E-state index in [1.54, 1.807) is 24.3 Å². The highest BCUT2D eigenvalue weighted by molar-refractivity contribution is 7.85. The number of hydrogen-bond donors (Lipinski definition) is 3. The number of phenols is 1. The van der Waals surface area contributed by atoms with E-state index < -0.39 is 15.0 Å². The molecular weight excluding hydrogens is 296 g/mol. The fraction of sp³-hybridized carbons (Fsp3) is 0. The van der Waals surface area contributed by atoms with Gasteiger partial charge in [-0.3, -0.25) is 4.55 Å². The van der Waals surface area contributed by atoms with Crippen molar-refractivity contribution in [2.24, 2.45) is 0 Å². The Balaban J connectivity index is 2.28. The smallest absolute Gasteiger partial charge is 0.294 e. The summed E-state index contributed by atoms with van der Waals surface area (Å²) in [6, 6.07) is 8.96. The van der Waals surface area contributed by atoms with Crippen LogP contribution in [0, 0.1) is 0 Å². The molecule has 0 atom stereocenters. The van der Waals surface area contributed by atoms with E-state index in [1.807, 2.05) is 0 Å². The maximum absolute atomic E-state index is 11.2. The van der Waals surface area contributed by atoms with E-state index >= 15 is 0 Å². The number of nitrogens with two attached hydrogens (primary N) is 1. The molecule has 9 heteroatoms. The van der Waals surface area contributed by atoms with Gasteiger partial charge in [0.2, 0.25) is 0 Å². The van der Waals surface area contributed by atoms with Crippen molar-refractivity contribution in [2.75, 3.05) is 5.73 Å². The van der Waals surface area contributed by atoms with E-state index in [2.05, 4.69) is 10.2 Å². The Morgan fingerprint density at radius 3 is 2.19 bits per heavy atom. The van der Waals surface area contributed by atoms with Crippen LogP contribution in [0.25, 0.3) is 16.7 Å². The number of fused-ring (bicyclic) bond motifs is 1. The average molecular weight is 306 g/mol. The molecule has 0 aliphatic carbocycles. The molecule has 108 valence electrons. The van der Waals surface area contributed by atoms with Crippen LogP contribution in [-0.2, 0) is 10.1 Å². The molecule has 1 heterocycles. The van der Waals surface area contributed by atoms with Gasteiger partial charge in [0.15, 0.2) is 5.75 Å². The van der Waals surface area contributed by atoms with Gasteiger partial charge in [-0.25, -0.2) is 0 Å². The Bertz CT molecular complexity index is 916. The largest absolute Gasteiger partial charge is 0.504 e. The second kappa shape index (κ2) is 4.43. The van der Waals surface area contributed by atoms with Crippen molar-refractivity contribution in [1.29, 1.82) is 0 Å². The molecule has 21 heavy (non-hydrogen) atoms. The molecule has 0 unspecified atom stereocenters. The third kappa shape index (κ3) is 2.28. The van der Waals surface area contributed by atoms with Gasteiger partial charge < -0.3 is 10.8 Å². The molecule has 0 spiro atoms. The molecule has 0 aliphatic rings. The second-order valence-corrected chi connectivity index (χ2v) is 5.75. The number of hydrogen-bond acceptors (Lipinski definition) is 6. The normalized spacial score (nSPS) is 11.9. The lowest BCUT2D eigenvalue weighted by Crippen LogP contribution is -2.05. The highest BCUT2D eigenvalue weighted by Gasteiger charge is 2.18. The standard InChI is InChI=1S/C12H10N4O4S/c13-8-5-7(21(18,19)20)6-11(12(8)17)16-14-9-3-1-2-4-10(9)15-16/h1-6,17H,13H2,(H,18,19,20). The molecule has 0 fully saturated rings. The lowest BCUT2D eigenvalue weighted by molar-refractivity contribution is 0.468. The van der Waals surface area contributed by atoms with Crippen molar-refractivity contribution in [3.63, 3.8) is 0 Å². The molecule has 0 amide bonds. The maximum atomic E-state index is 11.2. The summed E-state index contributed by atoms with van der Waals surface area (Å²) in [6.45, 7) is 0. The third-order valence-corrected chi connectivity index (χ3v) is 3.72. The SMILES string of the molecule is Nc1cc(S(=O)(=O)O)cc(-n2nc3ccccc3n2)c1O. The molecule has 3 rings (SSSR count). The fourth-order valence-corrected chi connectivity index (χ4v) is 2.42. The van der Waals surface area contributed by atoms with E-state index in [0.29, 0.717) is 11.0 Å². The maximum Gasteiger partial charge on any atom is 0.294 e. The minimum atomic E-state index is -4.46. The van der Waals surface area contributed by atoms with Crippen molar-refractivity contribution in [1.82, 2.24) is 15.0 Å². The molecule has 0 saturated heterocycles. The zero-order chi connectivity index (χ0) is 15.2. The quantitative estimate of drug-likeness (QED) is 0.365. The van der Waals surface area contributed by atoms with Gasteiger partial charge in [0.25, 0.3) is 10.1 Å². The number of phenolic OH excluding ortho intramolecular Hbond substituents is 1. The van der Waals surface area contributed by atoms with E-state index in [9.17, 15) is 13.5 Å². The molecule has 0 aliphatic heterocycles. The van der Waals surface area contributed by atoms with Crippen LogP contribution in [-0.4, -0.2) is 33.1 Å². The van der Waals surface area contributed by atoms with Gasteiger partial charge in [-0.1, -0.05) is 12.1 Å². The van der Waals surface area contributed by atoms with Gasteiger partial charge in [-0.05, 0) is 24.3 Å². The summed E-state index contributed by atoms with van der Waals surface area (Å²) in [5.74, 6) is -0.372. The minimum Gasteiger partial charge on any atom is -0.504 e.